The van der Waals surface area contributed by atoms with Gasteiger partial charge in [-0.1, -0.05) is 24.3 Å². The minimum Gasteiger partial charge on any atom is -0.493 e. The lowest BCUT2D eigenvalue weighted by Crippen LogP contribution is -2.19. The molecule has 2 aromatic carbocycles. The summed E-state index contributed by atoms with van der Waals surface area (Å²) in [7, 11) is 0. The van der Waals surface area contributed by atoms with E-state index in [0.29, 0.717) is 18.1 Å². The highest BCUT2D eigenvalue weighted by atomic mass is 16.5. The molecule has 1 aliphatic heterocycles. The molecule has 0 saturated carbocycles. The number of fused-ring (bicyclic) bond motifs is 1. The van der Waals surface area contributed by atoms with Gasteiger partial charge in [-0.2, -0.15) is 5.26 Å². The van der Waals surface area contributed by atoms with Gasteiger partial charge in [-0.25, -0.2) is 0 Å². The molecule has 0 bridgehead atoms. The molecule has 1 unspecified atom stereocenters. The monoisotopic (exact) mass is 279 g/mol. The van der Waals surface area contributed by atoms with Crippen LogP contribution in [-0.4, -0.2) is 13.2 Å². The third kappa shape index (κ3) is 2.85. The predicted octanol–water partition coefficient (Wildman–Crippen LogP) is 3.81. The zero-order valence-corrected chi connectivity index (χ0v) is 12.0. The van der Waals surface area contributed by atoms with Crippen molar-refractivity contribution in [2.24, 2.45) is 0 Å². The zero-order chi connectivity index (χ0) is 14.7. The molecule has 21 heavy (non-hydrogen) atoms. The average Bonchev–Trinajstić information content (AvgIpc) is 2.54. The number of rotatable bonds is 3. The fourth-order valence-corrected chi connectivity index (χ4v) is 2.60. The van der Waals surface area contributed by atoms with E-state index in [1.165, 1.54) is 5.56 Å². The van der Waals surface area contributed by atoms with Gasteiger partial charge < -0.3 is 9.47 Å². The van der Waals surface area contributed by atoms with Crippen molar-refractivity contribution in [3.63, 3.8) is 0 Å². The molecular formula is C18H17NO2. The first kappa shape index (κ1) is 13.5. The molecule has 0 aromatic heterocycles. The van der Waals surface area contributed by atoms with Gasteiger partial charge in [0.15, 0.2) is 0 Å². The minimum atomic E-state index is 0.333. The summed E-state index contributed by atoms with van der Waals surface area (Å²) in [5, 5.41) is 8.98. The van der Waals surface area contributed by atoms with Crippen molar-refractivity contribution >= 4 is 0 Å². The molecule has 0 amide bonds. The van der Waals surface area contributed by atoms with Gasteiger partial charge in [0.2, 0.25) is 0 Å². The average molecular weight is 279 g/mol. The third-order valence-corrected chi connectivity index (χ3v) is 3.84. The Morgan fingerprint density at radius 2 is 2.14 bits per heavy atom. The minimum absolute atomic E-state index is 0.333. The van der Waals surface area contributed by atoms with Crippen LogP contribution in [0.15, 0.2) is 42.5 Å². The second-order valence-electron chi connectivity index (χ2n) is 5.27. The number of aryl methyl sites for hydroxylation is 1. The van der Waals surface area contributed by atoms with Gasteiger partial charge in [0.05, 0.1) is 24.8 Å². The summed E-state index contributed by atoms with van der Waals surface area (Å²) in [6.45, 7) is 3.33. The van der Waals surface area contributed by atoms with Crippen molar-refractivity contribution in [2.75, 3.05) is 13.2 Å². The van der Waals surface area contributed by atoms with E-state index in [0.717, 1.165) is 30.1 Å². The summed E-state index contributed by atoms with van der Waals surface area (Å²) >= 11 is 0. The van der Waals surface area contributed by atoms with E-state index in [1.54, 1.807) is 6.07 Å². The van der Waals surface area contributed by atoms with Crippen molar-refractivity contribution in [2.45, 2.75) is 19.3 Å². The number of ether oxygens (including phenoxy) is 2. The first-order valence-corrected chi connectivity index (χ1v) is 7.13. The van der Waals surface area contributed by atoms with Gasteiger partial charge in [-0.3, -0.25) is 0 Å². The Labute approximate surface area is 124 Å². The van der Waals surface area contributed by atoms with Crippen LogP contribution in [0.2, 0.25) is 0 Å². The van der Waals surface area contributed by atoms with Gasteiger partial charge in [0, 0.05) is 11.5 Å². The molecular weight excluding hydrogens is 262 g/mol. The lowest BCUT2D eigenvalue weighted by Gasteiger charge is -2.26. The standard InChI is InChI=1S/C18H17NO2/c1-13-6-7-14(11-19)10-18(13)21-12-15-8-9-20-17-5-3-2-4-16(15)17/h2-7,10,15H,8-9,12H2,1H3. The summed E-state index contributed by atoms with van der Waals surface area (Å²) in [5.74, 6) is 2.08. The number of nitrogens with zero attached hydrogens (tertiary/aromatic N) is 1. The number of hydrogen-bond acceptors (Lipinski definition) is 3. The largest absolute Gasteiger partial charge is 0.493 e. The Kier molecular flexibility index (Phi) is 3.79. The fourth-order valence-electron chi connectivity index (χ4n) is 2.60. The zero-order valence-electron chi connectivity index (χ0n) is 12.0. The third-order valence-electron chi connectivity index (χ3n) is 3.84. The van der Waals surface area contributed by atoms with Gasteiger partial charge >= 0.3 is 0 Å². The van der Waals surface area contributed by atoms with Crippen LogP contribution < -0.4 is 9.47 Å². The molecule has 3 heteroatoms. The summed E-state index contributed by atoms with van der Waals surface area (Å²) in [6, 6.07) is 15.8. The van der Waals surface area contributed by atoms with Crippen molar-refractivity contribution in [1.29, 1.82) is 5.26 Å². The number of hydrogen-bond donors (Lipinski definition) is 0. The lowest BCUT2D eigenvalue weighted by atomic mass is 9.94. The molecule has 0 N–H and O–H groups in total. The van der Waals surface area contributed by atoms with E-state index in [1.807, 2.05) is 37.3 Å². The van der Waals surface area contributed by atoms with Crippen LogP contribution in [-0.2, 0) is 0 Å². The van der Waals surface area contributed by atoms with Crippen LogP contribution in [0.4, 0.5) is 0 Å². The molecule has 3 rings (SSSR count). The topological polar surface area (TPSA) is 42.2 Å². The van der Waals surface area contributed by atoms with Gasteiger partial charge in [0.1, 0.15) is 11.5 Å². The van der Waals surface area contributed by atoms with E-state index < -0.39 is 0 Å². The second kappa shape index (κ2) is 5.88. The molecule has 106 valence electrons. The summed E-state index contributed by atoms with van der Waals surface area (Å²) in [5.41, 5.74) is 2.88. The van der Waals surface area contributed by atoms with Crippen LogP contribution in [0, 0.1) is 18.3 Å². The predicted molar refractivity (Wildman–Crippen MR) is 80.7 cm³/mol. The van der Waals surface area contributed by atoms with Crippen LogP contribution in [0.3, 0.4) is 0 Å². The molecule has 3 nitrogen and oxygen atoms in total. The first-order chi connectivity index (χ1) is 10.3. The van der Waals surface area contributed by atoms with Crippen LogP contribution in [0.5, 0.6) is 11.5 Å². The summed E-state index contributed by atoms with van der Waals surface area (Å²) in [6.07, 6.45) is 0.952. The fraction of sp³-hybridized carbons (Fsp3) is 0.278. The van der Waals surface area contributed by atoms with Gasteiger partial charge in [-0.15, -0.1) is 0 Å². The number of para-hydroxylation sites is 1. The molecule has 1 heterocycles. The quantitative estimate of drug-likeness (QED) is 0.858. The van der Waals surface area contributed by atoms with Crippen LogP contribution in [0.25, 0.3) is 0 Å². The van der Waals surface area contributed by atoms with Gasteiger partial charge in [0.25, 0.3) is 0 Å². The normalized spacial score (nSPS) is 16.5. The SMILES string of the molecule is Cc1ccc(C#N)cc1OCC1CCOc2ccccc21. The molecule has 1 aliphatic rings. The number of benzene rings is 2. The van der Waals surface area contributed by atoms with E-state index in [9.17, 15) is 0 Å². The van der Waals surface area contributed by atoms with Crippen LogP contribution >= 0.6 is 0 Å². The molecule has 2 aromatic rings. The van der Waals surface area contributed by atoms with Gasteiger partial charge in [-0.05, 0) is 37.1 Å². The highest BCUT2D eigenvalue weighted by Gasteiger charge is 2.21. The summed E-state index contributed by atoms with van der Waals surface area (Å²) in [4.78, 5) is 0. The van der Waals surface area contributed by atoms with E-state index >= 15 is 0 Å². The number of nitriles is 1. The summed E-state index contributed by atoms with van der Waals surface area (Å²) < 4.78 is 11.6. The Morgan fingerprint density at radius 3 is 3.00 bits per heavy atom. The lowest BCUT2D eigenvalue weighted by molar-refractivity contribution is 0.217. The molecule has 0 saturated heterocycles. The molecule has 0 aliphatic carbocycles. The van der Waals surface area contributed by atoms with Crippen molar-refractivity contribution in [3.05, 3.63) is 59.2 Å². The van der Waals surface area contributed by atoms with E-state index in [-0.39, 0.29) is 0 Å². The maximum atomic E-state index is 8.98. The Bertz CT molecular complexity index is 688. The highest BCUT2D eigenvalue weighted by Crippen LogP contribution is 2.34. The van der Waals surface area contributed by atoms with E-state index in [2.05, 4.69) is 12.1 Å². The van der Waals surface area contributed by atoms with Crippen molar-refractivity contribution in [1.82, 2.24) is 0 Å². The van der Waals surface area contributed by atoms with Crippen molar-refractivity contribution < 1.29 is 9.47 Å². The highest BCUT2D eigenvalue weighted by molar-refractivity contribution is 5.42. The first-order valence-electron chi connectivity index (χ1n) is 7.13. The smallest absolute Gasteiger partial charge is 0.123 e. The van der Waals surface area contributed by atoms with Crippen molar-refractivity contribution in [3.8, 4) is 17.6 Å². The molecule has 1 atom stereocenters. The van der Waals surface area contributed by atoms with Crippen LogP contribution in [0.1, 0.15) is 29.0 Å². The second-order valence-corrected chi connectivity index (χ2v) is 5.27. The molecule has 0 fully saturated rings. The maximum absolute atomic E-state index is 8.98. The maximum Gasteiger partial charge on any atom is 0.123 e. The Hall–Kier alpha value is -2.47. The molecule has 0 spiro atoms. The Balaban J connectivity index is 1.76. The Morgan fingerprint density at radius 1 is 1.29 bits per heavy atom. The van der Waals surface area contributed by atoms with E-state index in [4.69, 9.17) is 14.7 Å². The molecule has 0 radical (unpaired) electrons.